The van der Waals surface area contributed by atoms with Crippen molar-refractivity contribution in [3.63, 3.8) is 0 Å². The van der Waals surface area contributed by atoms with Crippen LogP contribution >= 0.6 is 24.4 Å². The Hall–Kier alpha value is -9.05. The number of rotatable bonds is 29. The highest BCUT2D eigenvalue weighted by molar-refractivity contribution is 7.80. The minimum Gasteiger partial charge on any atom is -0.455 e. The lowest BCUT2D eigenvalue weighted by Gasteiger charge is -2.36. The van der Waals surface area contributed by atoms with E-state index in [1.807, 2.05) is 112 Å². The summed E-state index contributed by atoms with van der Waals surface area (Å²) in [7, 11) is 0. The normalized spacial score (nSPS) is 16.2. The number of ketones is 1. The van der Waals surface area contributed by atoms with Crippen LogP contribution in [0.2, 0.25) is 0 Å². The van der Waals surface area contributed by atoms with Gasteiger partial charge in [-0.15, -0.1) is 0 Å². The Bertz CT molecular complexity index is 3400. The molecule has 8 N–H and O–H groups in total. The predicted octanol–water partition coefficient (Wildman–Crippen LogP) is 6.93. The second-order valence-electron chi connectivity index (χ2n) is 22.6. The molecule has 0 bridgehead atoms. The van der Waals surface area contributed by atoms with Gasteiger partial charge < -0.3 is 61.0 Å². The number of aryl methyl sites for hydroxylation is 2. The number of hydrazine groups is 2. The molecule has 27 heteroatoms. The van der Waals surface area contributed by atoms with Gasteiger partial charge in [-0.25, -0.2) is 34.0 Å². The summed E-state index contributed by atoms with van der Waals surface area (Å²) < 4.78 is 46.3. The first kappa shape index (κ1) is 69.8. The van der Waals surface area contributed by atoms with E-state index >= 15 is 8.78 Å². The van der Waals surface area contributed by atoms with E-state index in [9.17, 15) is 33.6 Å². The first-order valence-electron chi connectivity index (χ1n) is 31.3. The van der Waals surface area contributed by atoms with E-state index < -0.39 is 41.5 Å². The van der Waals surface area contributed by atoms with E-state index in [0.717, 1.165) is 47.3 Å². The molecule has 4 saturated heterocycles. The summed E-state index contributed by atoms with van der Waals surface area (Å²) >= 11 is 10.3. The molecule has 4 aliphatic rings. The maximum Gasteiger partial charge on any atom is 0.414 e. The molecule has 0 saturated carbocycles. The van der Waals surface area contributed by atoms with Crippen molar-refractivity contribution in [2.45, 2.75) is 84.0 Å². The van der Waals surface area contributed by atoms with Gasteiger partial charge in [-0.3, -0.25) is 29.0 Å². The topological polar surface area (TPSA) is 265 Å². The van der Waals surface area contributed by atoms with Gasteiger partial charge in [0.05, 0.1) is 72.0 Å². The van der Waals surface area contributed by atoms with Crippen molar-refractivity contribution in [2.24, 2.45) is 5.73 Å². The van der Waals surface area contributed by atoms with Gasteiger partial charge in [0.2, 0.25) is 17.7 Å². The molecule has 0 radical (unpaired) electrons. The van der Waals surface area contributed by atoms with Crippen LogP contribution in [-0.2, 0) is 57.6 Å². The highest BCUT2D eigenvalue weighted by atomic mass is 32.1. The molecule has 5 aromatic rings. The Labute approximate surface area is 550 Å². The molecule has 0 unspecified atom stereocenters. The standard InChI is InChI=1S/C37H43FN6O6S.C29H38FN7O4S/c1-2-34(51)39-22-30-24-44(37(48)50-30)29-15-16-32(31(38)21-29)42-17-19-43(20-18-42)35(46)10-6-9-26-11-13-28(14-12-26)41-40-23-33(45)36(47)49-25-27-7-4-3-5-8-27;1-2-27(42)32-17-23-19-37(29(40)41-23)22-10-11-25(24(30)16-22)35-12-14-36(15-13-35)28(39)5-3-4-20-6-8-21(9-7-20)34-33-18-26(31)38/h3-5,7-8,11-16,21,30,40-41H,2,6,9-10,17-20,22-25H2,1H3,(H,39,51);6-11,16,23,33-34H,2-5,12-15,17-19H2,1H3,(H2,31,38)(H,32,42)/t30-;23-/m00/s1. The zero-order valence-electron chi connectivity index (χ0n) is 52.3. The van der Waals surface area contributed by atoms with E-state index in [1.165, 1.54) is 21.9 Å². The highest BCUT2D eigenvalue weighted by Crippen LogP contribution is 2.31. The molecule has 9 rings (SSSR count). The van der Waals surface area contributed by atoms with Crippen LogP contribution in [-0.4, -0.2) is 165 Å². The van der Waals surface area contributed by atoms with Crippen molar-refractivity contribution in [3.8, 4) is 0 Å². The number of ether oxygens (including phenoxy) is 3. The van der Waals surface area contributed by atoms with Gasteiger partial charge in [-0.05, 0) is 116 Å². The van der Waals surface area contributed by atoms with Crippen LogP contribution in [0.3, 0.4) is 0 Å². The van der Waals surface area contributed by atoms with E-state index in [0.29, 0.717) is 143 Å². The first-order valence-corrected chi connectivity index (χ1v) is 32.1. The van der Waals surface area contributed by atoms with Crippen LogP contribution in [0, 0.1) is 11.6 Å². The molecule has 23 nitrogen and oxygen atoms in total. The maximum atomic E-state index is 15.2. The number of carbonyl (C=O) groups is 7. The zero-order valence-corrected chi connectivity index (χ0v) is 53.9. The van der Waals surface area contributed by atoms with E-state index in [2.05, 4.69) is 32.3 Å². The lowest BCUT2D eigenvalue weighted by atomic mass is 10.1. The number of esters is 1. The maximum absolute atomic E-state index is 15.2. The van der Waals surface area contributed by atoms with Gasteiger partial charge in [0.25, 0.3) is 5.78 Å². The number of hydrogen-bond donors (Lipinski definition) is 7. The Morgan fingerprint density at radius 3 is 1.41 bits per heavy atom. The van der Waals surface area contributed by atoms with Crippen LogP contribution in [0.5, 0.6) is 0 Å². The number of benzene rings is 5. The van der Waals surface area contributed by atoms with Crippen molar-refractivity contribution in [1.29, 1.82) is 0 Å². The van der Waals surface area contributed by atoms with Crippen LogP contribution < -0.4 is 57.7 Å². The second-order valence-corrected chi connectivity index (χ2v) is 23.5. The largest absolute Gasteiger partial charge is 0.455 e. The summed E-state index contributed by atoms with van der Waals surface area (Å²) in [5.74, 6) is -2.73. The molecule has 4 aliphatic heterocycles. The number of thiocarbonyl (C=S) groups is 2. The third-order valence-electron chi connectivity index (χ3n) is 15.9. The highest BCUT2D eigenvalue weighted by Gasteiger charge is 2.35. The Morgan fingerprint density at radius 1 is 0.570 bits per heavy atom. The Kier molecular flexibility index (Phi) is 26.4. The van der Waals surface area contributed by atoms with Crippen molar-refractivity contribution < 1.29 is 56.6 Å². The SMILES string of the molecule is CCC(=S)NC[C@H]1CN(c2ccc(N3CCN(C(=O)CCCc4ccc(NNCC(=O)C(=O)OCc5ccccc5)cc4)CC3)c(F)c2)C(=O)O1.CCC(=S)NC[C@H]1CN(c2ccc(N3CCN(C(=O)CCCc4ccc(NNCC(N)=O)cc4)CC3)c(F)c2)C(=O)O1. The lowest BCUT2D eigenvalue weighted by molar-refractivity contribution is -0.154. The number of anilines is 6. The quantitative estimate of drug-likeness (QED) is 0.00841. The summed E-state index contributed by atoms with van der Waals surface area (Å²) in [5, 5.41) is 6.15. The molecule has 93 heavy (non-hydrogen) atoms. The van der Waals surface area contributed by atoms with E-state index in [-0.39, 0.29) is 43.7 Å². The zero-order chi connectivity index (χ0) is 66.2. The number of primary amides is 1. The van der Waals surface area contributed by atoms with Gasteiger partial charge in [0.1, 0.15) is 30.4 Å². The fourth-order valence-electron chi connectivity index (χ4n) is 10.7. The smallest absolute Gasteiger partial charge is 0.414 e. The third-order valence-corrected chi connectivity index (χ3v) is 16.8. The Balaban J connectivity index is 0.000000244. The van der Waals surface area contributed by atoms with E-state index in [4.69, 9.17) is 44.4 Å². The average molecular weight is 1320 g/mol. The van der Waals surface area contributed by atoms with Gasteiger partial charge in [-0.2, -0.15) is 0 Å². The van der Waals surface area contributed by atoms with Crippen LogP contribution in [0.15, 0.2) is 115 Å². The average Bonchev–Trinajstić information content (AvgIpc) is 1.89. The number of nitrogens with two attached hydrogens (primary N) is 1. The number of piperazine rings is 2. The van der Waals surface area contributed by atoms with E-state index in [1.54, 1.807) is 24.3 Å². The minimum atomic E-state index is -0.899. The van der Waals surface area contributed by atoms with Gasteiger partial charge in [-0.1, -0.05) is 92.9 Å². The molecule has 5 aromatic carbocycles. The molecule has 0 spiro atoms. The number of halogens is 2. The number of nitrogens with zero attached hydrogens (tertiary/aromatic N) is 6. The summed E-state index contributed by atoms with van der Waals surface area (Å²) in [5.41, 5.74) is 22.6. The molecule has 496 valence electrons. The van der Waals surface area contributed by atoms with Crippen LogP contribution in [0.4, 0.5) is 52.5 Å². The molecule has 4 fully saturated rings. The van der Waals surface area contributed by atoms with Crippen molar-refractivity contribution >= 4 is 110 Å². The molecular formula is C66H81F2N13O10S2. The van der Waals surface area contributed by atoms with Crippen molar-refractivity contribution in [3.05, 3.63) is 144 Å². The molecular weight excluding hydrogens is 1240 g/mol. The molecule has 2 atom stereocenters. The summed E-state index contributed by atoms with van der Waals surface area (Å²) in [6.45, 7) is 9.26. The van der Waals surface area contributed by atoms with Crippen LogP contribution in [0.1, 0.15) is 69.1 Å². The van der Waals surface area contributed by atoms with Gasteiger partial charge in [0.15, 0.2) is 0 Å². The number of Topliss-reactive ketones (excluding diaryl/α,β-unsaturated/α-hetero) is 1. The first-order chi connectivity index (χ1) is 44.9. The number of carbonyl (C=O) groups excluding carboxylic acids is 7. The molecule has 4 heterocycles. The monoisotopic (exact) mass is 1320 g/mol. The summed E-state index contributed by atoms with van der Waals surface area (Å²) in [4.78, 5) is 97.1. The van der Waals surface area contributed by atoms with Gasteiger partial charge in [0, 0.05) is 76.6 Å². The molecule has 0 aromatic heterocycles. The number of amides is 5. The minimum absolute atomic E-state index is 0.0322. The molecule has 0 aliphatic carbocycles. The third kappa shape index (κ3) is 21.2. The fraction of sp³-hybridized carbons (Fsp3) is 0.409. The number of nitrogens with one attached hydrogen (secondary N) is 6. The summed E-state index contributed by atoms with van der Waals surface area (Å²) in [6, 6.07) is 34.0. The van der Waals surface area contributed by atoms with Gasteiger partial charge >= 0.3 is 18.2 Å². The predicted molar refractivity (Wildman–Crippen MR) is 360 cm³/mol. The number of cyclic esters (lactones) is 2. The number of hydrogen-bond acceptors (Lipinski definition) is 18. The fourth-order valence-corrected chi connectivity index (χ4v) is 10.8. The summed E-state index contributed by atoms with van der Waals surface area (Å²) in [6.07, 6.45) is 3.39. The Morgan fingerprint density at radius 2 is 1.00 bits per heavy atom. The second kappa shape index (κ2) is 35.1. The lowest BCUT2D eigenvalue weighted by Crippen LogP contribution is -2.49. The molecule has 5 amide bonds. The van der Waals surface area contributed by atoms with Crippen LogP contribution in [0.25, 0.3) is 0 Å². The van der Waals surface area contributed by atoms with Crippen molar-refractivity contribution in [2.75, 3.05) is 122 Å². The van der Waals surface area contributed by atoms with Crippen molar-refractivity contribution in [1.82, 2.24) is 31.3 Å².